The van der Waals surface area contributed by atoms with E-state index < -0.39 is 6.10 Å². The molecule has 0 aliphatic heterocycles. The molecule has 0 N–H and O–H groups in total. The van der Waals surface area contributed by atoms with Crippen molar-refractivity contribution in [2.75, 3.05) is 13.2 Å². The van der Waals surface area contributed by atoms with E-state index in [1.54, 1.807) is 0 Å². The summed E-state index contributed by atoms with van der Waals surface area (Å²) in [6, 6.07) is 0. The predicted octanol–water partition coefficient (Wildman–Crippen LogP) is 21.6. The molecule has 0 spiro atoms. The van der Waals surface area contributed by atoms with Gasteiger partial charge in [-0.15, -0.1) is 0 Å². The highest BCUT2D eigenvalue weighted by atomic mass is 16.6. The fourth-order valence-electron chi connectivity index (χ4n) is 8.46. The Kier molecular flexibility index (Phi) is 59.9. The second-order valence-corrected chi connectivity index (χ2v) is 20.6. The van der Waals surface area contributed by atoms with E-state index in [0.29, 0.717) is 19.3 Å². The SMILES string of the molecule is CC/C=C\C/C=C\C/C=C\C/C=C\C/C=C\C/C=C\C/C=C\C/C=C\CCCCCCC(=O)OCC(COC(=O)CCCCCCC/C=C\CCC)OC(=O)CCCCCCCCCCC/C=C\CCCCCCCC. The van der Waals surface area contributed by atoms with Gasteiger partial charge in [-0.05, 0) is 128 Å². The molecular formula is C70H116O6. The molecule has 0 saturated heterocycles. The third kappa shape index (κ3) is 60.7. The highest BCUT2D eigenvalue weighted by Crippen LogP contribution is 2.15. The maximum Gasteiger partial charge on any atom is 0.306 e. The second kappa shape index (κ2) is 63.3. The van der Waals surface area contributed by atoms with Gasteiger partial charge in [-0.3, -0.25) is 14.4 Å². The minimum absolute atomic E-state index is 0.0930. The quantitative estimate of drug-likeness (QED) is 0.0261. The normalized spacial score (nSPS) is 12.9. The Morgan fingerprint density at radius 2 is 0.539 bits per heavy atom. The molecule has 76 heavy (non-hydrogen) atoms. The lowest BCUT2D eigenvalue weighted by molar-refractivity contribution is -0.167. The number of unbranched alkanes of at least 4 members (excludes halogenated alkanes) is 25. The zero-order chi connectivity index (χ0) is 55.0. The summed E-state index contributed by atoms with van der Waals surface area (Å²) in [5.74, 6) is -0.929. The summed E-state index contributed by atoms with van der Waals surface area (Å²) in [5, 5.41) is 0. The molecule has 0 saturated carbocycles. The zero-order valence-corrected chi connectivity index (χ0v) is 49.5. The van der Waals surface area contributed by atoms with Crippen molar-refractivity contribution < 1.29 is 28.6 Å². The maximum atomic E-state index is 12.9. The fraction of sp³-hybridized carbons (Fsp3) is 0.671. The smallest absolute Gasteiger partial charge is 0.306 e. The van der Waals surface area contributed by atoms with E-state index in [2.05, 4.69) is 142 Å². The molecule has 0 aromatic rings. The summed E-state index contributed by atoms with van der Waals surface area (Å²) in [6.07, 6.45) is 87.8. The molecule has 0 rings (SSSR count). The molecule has 0 radical (unpaired) electrons. The molecule has 1 atom stereocenters. The molecule has 6 heteroatoms. The van der Waals surface area contributed by atoms with Gasteiger partial charge >= 0.3 is 17.9 Å². The number of hydrogen-bond acceptors (Lipinski definition) is 6. The lowest BCUT2D eigenvalue weighted by Gasteiger charge is -2.18. The van der Waals surface area contributed by atoms with Crippen LogP contribution in [0.3, 0.4) is 0 Å². The van der Waals surface area contributed by atoms with Gasteiger partial charge in [0.15, 0.2) is 6.10 Å². The summed E-state index contributed by atoms with van der Waals surface area (Å²) in [7, 11) is 0. The average molecular weight is 1050 g/mol. The molecule has 0 fully saturated rings. The molecule has 0 amide bonds. The molecule has 0 aliphatic carbocycles. The summed E-state index contributed by atoms with van der Waals surface area (Å²) in [6.45, 7) is 6.44. The number of carbonyl (C=O) groups is 3. The molecule has 6 nitrogen and oxygen atoms in total. The van der Waals surface area contributed by atoms with Crippen molar-refractivity contribution in [3.8, 4) is 0 Å². The highest BCUT2D eigenvalue weighted by molar-refractivity contribution is 5.71. The van der Waals surface area contributed by atoms with Gasteiger partial charge in [0.1, 0.15) is 13.2 Å². The summed E-state index contributed by atoms with van der Waals surface area (Å²) >= 11 is 0. The topological polar surface area (TPSA) is 78.9 Å². The minimum Gasteiger partial charge on any atom is -0.462 e. The molecule has 1 unspecified atom stereocenters. The van der Waals surface area contributed by atoms with Crippen LogP contribution in [0.4, 0.5) is 0 Å². The van der Waals surface area contributed by atoms with Crippen LogP contribution in [-0.4, -0.2) is 37.2 Å². The monoisotopic (exact) mass is 1050 g/mol. The van der Waals surface area contributed by atoms with Crippen LogP contribution in [0.1, 0.15) is 284 Å². The number of carbonyl (C=O) groups excluding carboxylic acids is 3. The molecular weight excluding hydrogens is 937 g/mol. The van der Waals surface area contributed by atoms with Gasteiger partial charge in [-0.2, -0.15) is 0 Å². The standard InChI is InChI=1S/C70H116O6/c1-4-7-10-13-16-19-22-24-26-28-30-31-32-33-34-35-36-37-38-39-41-42-44-46-48-51-54-57-60-63-69(72)75-66-67(65-74-68(71)62-59-56-53-50-21-18-15-12-9-6-3)76-70(73)64-61-58-55-52-49-47-45-43-40-29-27-25-23-20-17-14-11-8-5-2/h7,10,12,15-16,19,24-27,30-31,33-34,36-37,39,41,44,46,67H,4-6,8-9,11,13-14,17-18,20-23,28-29,32,35,38,40,42-43,45,47-66H2,1-3H3/b10-7-,15-12-,19-16-,26-24-,27-25-,31-30-,34-33-,37-36-,41-39-,46-44-. The Morgan fingerprint density at radius 1 is 0.276 bits per heavy atom. The number of esters is 3. The van der Waals surface area contributed by atoms with Gasteiger partial charge in [-0.1, -0.05) is 258 Å². The van der Waals surface area contributed by atoms with E-state index in [9.17, 15) is 14.4 Å². The first-order valence-electron chi connectivity index (χ1n) is 31.5. The first-order chi connectivity index (χ1) is 37.5. The van der Waals surface area contributed by atoms with Crippen LogP contribution in [0, 0.1) is 0 Å². The fourth-order valence-corrected chi connectivity index (χ4v) is 8.46. The Morgan fingerprint density at radius 3 is 0.868 bits per heavy atom. The molecule has 0 aromatic heterocycles. The van der Waals surface area contributed by atoms with E-state index in [1.165, 1.54) is 103 Å². The summed E-state index contributed by atoms with van der Waals surface area (Å²) < 4.78 is 16.8. The van der Waals surface area contributed by atoms with Crippen molar-refractivity contribution in [1.29, 1.82) is 0 Å². The third-order valence-electron chi connectivity index (χ3n) is 13.2. The molecule has 0 aliphatic rings. The van der Waals surface area contributed by atoms with Crippen LogP contribution >= 0.6 is 0 Å². The minimum atomic E-state index is -0.796. The lowest BCUT2D eigenvalue weighted by atomic mass is 10.1. The van der Waals surface area contributed by atoms with Gasteiger partial charge in [-0.25, -0.2) is 0 Å². The molecule has 0 bridgehead atoms. The first kappa shape index (κ1) is 71.8. The van der Waals surface area contributed by atoms with Crippen molar-refractivity contribution >= 4 is 17.9 Å². The van der Waals surface area contributed by atoms with Gasteiger partial charge in [0.05, 0.1) is 0 Å². The predicted molar refractivity (Wildman–Crippen MR) is 330 cm³/mol. The van der Waals surface area contributed by atoms with Crippen LogP contribution in [0.2, 0.25) is 0 Å². The lowest BCUT2D eigenvalue weighted by Crippen LogP contribution is -2.30. The van der Waals surface area contributed by atoms with Crippen LogP contribution in [0.25, 0.3) is 0 Å². The van der Waals surface area contributed by atoms with E-state index in [1.807, 2.05) is 0 Å². The van der Waals surface area contributed by atoms with E-state index in [0.717, 1.165) is 141 Å². The number of rotatable bonds is 56. The summed E-state index contributed by atoms with van der Waals surface area (Å²) in [5.41, 5.74) is 0. The zero-order valence-electron chi connectivity index (χ0n) is 49.5. The van der Waals surface area contributed by atoms with Crippen LogP contribution in [-0.2, 0) is 28.6 Å². The maximum absolute atomic E-state index is 12.9. The van der Waals surface area contributed by atoms with Crippen molar-refractivity contribution in [2.24, 2.45) is 0 Å². The Hall–Kier alpha value is -4.19. The van der Waals surface area contributed by atoms with Crippen molar-refractivity contribution in [1.82, 2.24) is 0 Å². The van der Waals surface area contributed by atoms with Crippen LogP contribution < -0.4 is 0 Å². The van der Waals surface area contributed by atoms with Crippen LogP contribution in [0.15, 0.2) is 122 Å². The number of ether oxygens (including phenoxy) is 3. The van der Waals surface area contributed by atoms with Gasteiger partial charge in [0.2, 0.25) is 0 Å². The van der Waals surface area contributed by atoms with E-state index in [-0.39, 0.29) is 31.1 Å². The van der Waals surface area contributed by atoms with Gasteiger partial charge in [0.25, 0.3) is 0 Å². The summed E-state index contributed by atoms with van der Waals surface area (Å²) in [4.78, 5) is 38.2. The van der Waals surface area contributed by atoms with Gasteiger partial charge < -0.3 is 14.2 Å². The Labute approximate surface area is 469 Å². The first-order valence-corrected chi connectivity index (χ1v) is 31.5. The van der Waals surface area contributed by atoms with E-state index >= 15 is 0 Å². The highest BCUT2D eigenvalue weighted by Gasteiger charge is 2.19. The van der Waals surface area contributed by atoms with Crippen molar-refractivity contribution in [2.45, 2.75) is 290 Å². The molecule has 432 valence electrons. The third-order valence-corrected chi connectivity index (χ3v) is 13.2. The van der Waals surface area contributed by atoms with Crippen molar-refractivity contribution in [3.05, 3.63) is 122 Å². The average Bonchev–Trinajstić information content (AvgIpc) is 3.42. The van der Waals surface area contributed by atoms with Crippen molar-refractivity contribution in [3.63, 3.8) is 0 Å². The molecule has 0 heterocycles. The largest absolute Gasteiger partial charge is 0.462 e. The Balaban J connectivity index is 4.33. The Bertz CT molecular complexity index is 1590. The number of hydrogen-bond donors (Lipinski definition) is 0. The van der Waals surface area contributed by atoms with E-state index in [4.69, 9.17) is 14.2 Å². The van der Waals surface area contributed by atoms with Gasteiger partial charge in [0, 0.05) is 19.3 Å². The van der Waals surface area contributed by atoms with Crippen LogP contribution in [0.5, 0.6) is 0 Å². The second-order valence-electron chi connectivity index (χ2n) is 20.6. The molecule has 0 aromatic carbocycles. The number of allylic oxidation sites excluding steroid dienone is 20.